The lowest BCUT2D eigenvalue weighted by atomic mass is 10.3. The monoisotopic (exact) mass is 298 g/mol. The van der Waals surface area contributed by atoms with Gasteiger partial charge in [0.2, 0.25) is 5.96 Å². The van der Waals surface area contributed by atoms with Gasteiger partial charge in [-0.05, 0) is 17.5 Å². The molecule has 5 nitrogen and oxygen atoms in total. The van der Waals surface area contributed by atoms with Gasteiger partial charge in [0.05, 0.1) is 0 Å². The molecular weight excluding hydrogens is 284 g/mol. The predicted molar refractivity (Wildman–Crippen MR) is 79.6 cm³/mol. The molecule has 0 radical (unpaired) electrons. The van der Waals surface area contributed by atoms with Gasteiger partial charge in [0.15, 0.2) is 0 Å². The first-order valence-electron chi connectivity index (χ1n) is 5.94. The Morgan fingerprint density at radius 2 is 2.16 bits per heavy atom. The Hall–Kier alpha value is -1.37. The second-order valence-corrected chi connectivity index (χ2v) is 5.16. The number of thiophene rings is 1. The van der Waals surface area contributed by atoms with Crippen LogP contribution in [0.4, 0.5) is 0 Å². The first-order chi connectivity index (χ1) is 8.83. The van der Waals surface area contributed by atoms with E-state index in [0.717, 1.165) is 31.1 Å². The second kappa shape index (κ2) is 6.18. The topological polar surface area (TPSA) is 56.7 Å². The molecule has 0 unspecified atom stereocenters. The van der Waals surface area contributed by atoms with Crippen LogP contribution in [0.5, 0.6) is 0 Å². The Morgan fingerprint density at radius 3 is 2.84 bits per heavy atom. The minimum atomic E-state index is -0.183. The zero-order valence-electron chi connectivity index (χ0n) is 10.3. The average Bonchev–Trinajstić information content (AvgIpc) is 3.02. The molecule has 0 bridgehead atoms. The minimum Gasteiger partial charge on any atom is -0.340 e. The number of piperazine rings is 1. The van der Waals surface area contributed by atoms with E-state index < -0.39 is 0 Å². The Labute approximate surface area is 121 Å². The maximum Gasteiger partial charge on any atom is 0.296 e. The molecular formula is C12H15ClN4OS. The summed E-state index contributed by atoms with van der Waals surface area (Å²) in [7, 11) is 0. The highest BCUT2D eigenvalue weighted by Gasteiger charge is 2.25. The molecule has 0 saturated carbocycles. The largest absolute Gasteiger partial charge is 0.340 e. The number of amides is 1. The number of hydrogen-bond acceptors (Lipinski definition) is 5. The van der Waals surface area contributed by atoms with Crippen LogP contribution in [-0.4, -0.2) is 42.9 Å². The zero-order valence-corrected chi connectivity index (χ0v) is 11.9. The SMILES string of the molecule is Cl.O=C1N=C(N2CCNCC2)N/C1=C\c1cccs1. The number of nitrogens with one attached hydrogen (secondary N) is 2. The smallest absolute Gasteiger partial charge is 0.296 e. The van der Waals surface area contributed by atoms with Crippen LogP contribution in [-0.2, 0) is 4.79 Å². The van der Waals surface area contributed by atoms with Crippen molar-refractivity contribution in [2.45, 2.75) is 0 Å². The van der Waals surface area contributed by atoms with E-state index in [2.05, 4.69) is 20.5 Å². The maximum atomic E-state index is 11.8. The molecule has 3 rings (SSSR count). The van der Waals surface area contributed by atoms with E-state index in [1.54, 1.807) is 11.3 Å². The molecule has 102 valence electrons. The van der Waals surface area contributed by atoms with Gasteiger partial charge in [-0.2, -0.15) is 4.99 Å². The molecule has 1 fully saturated rings. The molecule has 3 heterocycles. The zero-order chi connectivity index (χ0) is 12.4. The van der Waals surface area contributed by atoms with Crippen molar-refractivity contribution in [3.63, 3.8) is 0 Å². The van der Waals surface area contributed by atoms with Gasteiger partial charge in [-0.1, -0.05) is 6.07 Å². The Kier molecular flexibility index (Phi) is 4.57. The van der Waals surface area contributed by atoms with Crippen LogP contribution < -0.4 is 10.6 Å². The summed E-state index contributed by atoms with van der Waals surface area (Å²) in [5.41, 5.74) is 0.561. The summed E-state index contributed by atoms with van der Waals surface area (Å²) in [5, 5.41) is 8.38. The van der Waals surface area contributed by atoms with Crippen LogP contribution in [0.25, 0.3) is 6.08 Å². The number of hydrogen-bond donors (Lipinski definition) is 2. The molecule has 2 aliphatic heterocycles. The van der Waals surface area contributed by atoms with Crippen molar-refractivity contribution in [1.29, 1.82) is 0 Å². The maximum absolute atomic E-state index is 11.8. The average molecular weight is 299 g/mol. The van der Waals surface area contributed by atoms with Crippen LogP contribution in [0.2, 0.25) is 0 Å². The van der Waals surface area contributed by atoms with Crippen molar-refractivity contribution < 1.29 is 4.79 Å². The van der Waals surface area contributed by atoms with E-state index in [0.29, 0.717) is 11.7 Å². The highest BCUT2D eigenvalue weighted by molar-refractivity contribution is 7.10. The van der Waals surface area contributed by atoms with E-state index >= 15 is 0 Å². The van der Waals surface area contributed by atoms with Gasteiger partial charge in [0, 0.05) is 31.1 Å². The molecule has 1 saturated heterocycles. The fraction of sp³-hybridized carbons (Fsp3) is 0.333. The summed E-state index contributed by atoms with van der Waals surface area (Å²) in [4.78, 5) is 19.0. The van der Waals surface area contributed by atoms with Crippen molar-refractivity contribution in [1.82, 2.24) is 15.5 Å². The second-order valence-electron chi connectivity index (χ2n) is 4.18. The molecule has 0 aromatic carbocycles. The third kappa shape index (κ3) is 3.15. The van der Waals surface area contributed by atoms with Gasteiger partial charge >= 0.3 is 0 Å². The standard InChI is InChI=1S/C12H14N4OS.ClH/c17-11-10(8-9-2-1-7-18-9)14-12(15-11)16-5-3-13-4-6-16;/h1-2,7-8,13H,3-6H2,(H,14,15,17);1H/b10-8-;. The first kappa shape index (κ1) is 14.0. The van der Waals surface area contributed by atoms with E-state index in [-0.39, 0.29) is 18.3 Å². The third-order valence-electron chi connectivity index (χ3n) is 2.93. The lowest BCUT2D eigenvalue weighted by Crippen LogP contribution is -2.49. The molecule has 19 heavy (non-hydrogen) atoms. The van der Waals surface area contributed by atoms with Gasteiger partial charge in [-0.3, -0.25) is 4.79 Å². The van der Waals surface area contributed by atoms with Gasteiger partial charge < -0.3 is 15.5 Å². The quantitative estimate of drug-likeness (QED) is 0.757. The molecule has 0 atom stereocenters. The van der Waals surface area contributed by atoms with E-state index in [9.17, 15) is 4.79 Å². The lowest BCUT2D eigenvalue weighted by molar-refractivity contribution is -0.114. The third-order valence-corrected chi connectivity index (χ3v) is 3.75. The summed E-state index contributed by atoms with van der Waals surface area (Å²) in [6.07, 6.45) is 1.85. The minimum absolute atomic E-state index is 0. The first-order valence-corrected chi connectivity index (χ1v) is 6.82. The van der Waals surface area contributed by atoms with Gasteiger partial charge in [-0.15, -0.1) is 23.7 Å². The lowest BCUT2D eigenvalue weighted by Gasteiger charge is -2.28. The summed E-state index contributed by atoms with van der Waals surface area (Å²) < 4.78 is 0. The normalized spacial score (nSPS) is 21.1. The number of halogens is 1. The predicted octanol–water partition coefficient (Wildman–Crippen LogP) is 0.902. The molecule has 2 aliphatic rings. The van der Waals surface area contributed by atoms with Crippen molar-refractivity contribution >= 4 is 41.7 Å². The Balaban J connectivity index is 0.00000133. The number of aliphatic imine (C=N–C) groups is 1. The highest BCUT2D eigenvalue weighted by Crippen LogP contribution is 2.15. The number of carbonyl (C=O) groups is 1. The van der Waals surface area contributed by atoms with E-state index in [1.807, 2.05) is 23.6 Å². The summed E-state index contributed by atoms with van der Waals surface area (Å²) in [6, 6.07) is 3.95. The summed E-state index contributed by atoms with van der Waals surface area (Å²) in [6.45, 7) is 3.62. The van der Waals surface area contributed by atoms with E-state index in [1.165, 1.54) is 0 Å². The molecule has 0 aliphatic carbocycles. The number of carbonyl (C=O) groups excluding carboxylic acids is 1. The molecule has 0 spiro atoms. The van der Waals surface area contributed by atoms with Crippen LogP contribution in [0.3, 0.4) is 0 Å². The molecule has 1 amide bonds. The van der Waals surface area contributed by atoms with Crippen molar-refractivity contribution in [2.75, 3.05) is 26.2 Å². The van der Waals surface area contributed by atoms with Crippen LogP contribution in [0.1, 0.15) is 4.88 Å². The van der Waals surface area contributed by atoms with E-state index in [4.69, 9.17) is 0 Å². The summed E-state index contributed by atoms with van der Waals surface area (Å²) >= 11 is 1.61. The summed E-state index contributed by atoms with van der Waals surface area (Å²) in [5.74, 6) is 0.501. The fourth-order valence-electron chi connectivity index (χ4n) is 2.00. The highest BCUT2D eigenvalue weighted by atomic mass is 35.5. The van der Waals surface area contributed by atoms with Gasteiger partial charge in [0.25, 0.3) is 5.91 Å². The van der Waals surface area contributed by atoms with Crippen LogP contribution >= 0.6 is 23.7 Å². The van der Waals surface area contributed by atoms with Gasteiger partial charge in [0.1, 0.15) is 5.70 Å². The van der Waals surface area contributed by atoms with Crippen LogP contribution in [0, 0.1) is 0 Å². The molecule has 1 aromatic rings. The van der Waals surface area contributed by atoms with Crippen molar-refractivity contribution in [3.8, 4) is 0 Å². The Morgan fingerprint density at radius 1 is 1.37 bits per heavy atom. The number of nitrogens with zero attached hydrogens (tertiary/aromatic N) is 2. The number of rotatable bonds is 1. The van der Waals surface area contributed by atoms with Crippen molar-refractivity contribution in [2.24, 2.45) is 4.99 Å². The van der Waals surface area contributed by atoms with Crippen molar-refractivity contribution in [3.05, 3.63) is 28.1 Å². The Bertz CT molecular complexity index is 506. The molecule has 1 aromatic heterocycles. The number of guanidine groups is 1. The van der Waals surface area contributed by atoms with Gasteiger partial charge in [-0.25, -0.2) is 0 Å². The fourth-order valence-corrected chi connectivity index (χ4v) is 2.66. The molecule has 7 heteroatoms. The molecule has 2 N–H and O–H groups in total. The van der Waals surface area contributed by atoms with Crippen LogP contribution in [0.15, 0.2) is 28.2 Å².